The molecule has 0 aromatic carbocycles. The van der Waals surface area contributed by atoms with Gasteiger partial charge >= 0.3 is 0 Å². The van der Waals surface area contributed by atoms with Crippen LogP contribution in [0.4, 0.5) is 0 Å². The molecule has 1 saturated heterocycles. The third-order valence-electron chi connectivity index (χ3n) is 5.41. The summed E-state index contributed by atoms with van der Waals surface area (Å²) >= 11 is 0. The van der Waals surface area contributed by atoms with Gasteiger partial charge in [0, 0.05) is 26.2 Å². The Balaban J connectivity index is 2.00. The van der Waals surface area contributed by atoms with Crippen LogP contribution >= 0.6 is 0 Å². The molecule has 1 aliphatic carbocycles. The van der Waals surface area contributed by atoms with Gasteiger partial charge < -0.3 is 10.5 Å². The Labute approximate surface area is 118 Å². The van der Waals surface area contributed by atoms with E-state index in [0.717, 1.165) is 24.9 Å². The Morgan fingerprint density at radius 2 is 2.16 bits per heavy atom. The van der Waals surface area contributed by atoms with Crippen LogP contribution in [0.5, 0.6) is 0 Å². The standard InChI is InChI=1S/C16H32N2O/c1-13-6-4-7-14(10-13)15(11-17)18-9-5-8-16(2,12-18)19-3/h13-15H,4-12,17H2,1-3H3. The molecule has 0 aromatic heterocycles. The summed E-state index contributed by atoms with van der Waals surface area (Å²) < 4.78 is 5.73. The van der Waals surface area contributed by atoms with Crippen molar-refractivity contribution in [1.82, 2.24) is 4.90 Å². The lowest BCUT2D eigenvalue weighted by Crippen LogP contribution is -2.55. The Morgan fingerprint density at radius 3 is 2.79 bits per heavy atom. The van der Waals surface area contributed by atoms with Crippen molar-refractivity contribution < 1.29 is 4.74 Å². The molecular weight excluding hydrogens is 236 g/mol. The van der Waals surface area contributed by atoms with Crippen LogP contribution in [0.3, 0.4) is 0 Å². The van der Waals surface area contributed by atoms with E-state index in [1.165, 1.54) is 45.1 Å². The number of piperidine rings is 1. The molecule has 0 spiro atoms. The number of hydrogen-bond donors (Lipinski definition) is 1. The molecule has 0 radical (unpaired) electrons. The van der Waals surface area contributed by atoms with Gasteiger partial charge in [-0.15, -0.1) is 0 Å². The fourth-order valence-corrected chi connectivity index (χ4v) is 4.16. The van der Waals surface area contributed by atoms with Gasteiger partial charge in [0.25, 0.3) is 0 Å². The lowest BCUT2D eigenvalue weighted by atomic mass is 9.77. The molecule has 0 aromatic rings. The zero-order valence-electron chi connectivity index (χ0n) is 13.0. The van der Waals surface area contributed by atoms with Gasteiger partial charge in [0.1, 0.15) is 0 Å². The Morgan fingerprint density at radius 1 is 1.37 bits per heavy atom. The molecule has 0 bridgehead atoms. The lowest BCUT2D eigenvalue weighted by molar-refractivity contribution is -0.0689. The van der Waals surface area contributed by atoms with Crippen molar-refractivity contribution >= 4 is 0 Å². The van der Waals surface area contributed by atoms with Crippen LogP contribution in [0.2, 0.25) is 0 Å². The number of rotatable bonds is 4. The van der Waals surface area contributed by atoms with Crippen LogP contribution in [-0.2, 0) is 4.74 Å². The van der Waals surface area contributed by atoms with E-state index in [0.29, 0.717) is 6.04 Å². The van der Waals surface area contributed by atoms with Crippen LogP contribution in [0, 0.1) is 11.8 Å². The average molecular weight is 268 g/mol. The van der Waals surface area contributed by atoms with E-state index in [2.05, 4.69) is 18.7 Å². The highest BCUT2D eigenvalue weighted by molar-refractivity contribution is 4.91. The van der Waals surface area contributed by atoms with Crippen molar-refractivity contribution in [3.8, 4) is 0 Å². The van der Waals surface area contributed by atoms with Gasteiger partial charge in [-0.2, -0.15) is 0 Å². The van der Waals surface area contributed by atoms with Gasteiger partial charge in [0.05, 0.1) is 5.60 Å². The number of nitrogens with two attached hydrogens (primary N) is 1. The highest BCUT2D eigenvalue weighted by atomic mass is 16.5. The predicted molar refractivity (Wildman–Crippen MR) is 80.2 cm³/mol. The highest BCUT2D eigenvalue weighted by Crippen LogP contribution is 2.34. The monoisotopic (exact) mass is 268 g/mol. The van der Waals surface area contributed by atoms with Gasteiger partial charge in [-0.3, -0.25) is 4.90 Å². The first-order valence-corrected chi connectivity index (χ1v) is 8.07. The minimum atomic E-state index is 0.0337. The molecule has 2 fully saturated rings. The molecule has 1 aliphatic heterocycles. The van der Waals surface area contributed by atoms with Crippen molar-refractivity contribution in [2.75, 3.05) is 26.7 Å². The first kappa shape index (κ1) is 15.3. The van der Waals surface area contributed by atoms with Crippen LogP contribution in [0.1, 0.15) is 52.4 Å². The maximum absolute atomic E-state index is 6.13. The summed E-state index contributed by atoms with van der Waals surface area (Å²) in [5.74, 6) is 1.68. The third kappa shape index (κ3) is 3.71. The fraction of sp³-hybridized carbons (Fsp3) is 1.00. The minimum absolute atomic E-state index is 0.0337. The summed E-state index contributed by atoms with van der Waals surface area (Å²) in [5.41, 5.74) is 6.16. The van der Waals surface area contributed by atoms with Crippen molar-refractivity contribution in [2.24, 2.45) is 17.6 Å². The number of ether oxygens (including phenoxy) is 1. The lowest BCUT2D eigenvalue weighted by Gasteiger charge is -2.46. The summed E-state index contributed by atoms with van der Waals surface area (Å²) in [6, 6.07) is 0.567. The fourth-order valence-electron chi connectivity index (χ4n) is 4.16. The van der Waals surface area contributed by atoms with Crippen molar-refractivity contribution in [3.05, 3.63) is 0 Å². The molecule has 2 N–H and O–H groups in total. The average Bonchev–Trinajstić information content (AvgIpc) is 2.40. The minimum Gasteiger partial charge on any atom is -0.377 e. The molecule has 1 heterocycles. The summed E-state index contributed by atoms with van der Waals surface area (Å²) in [7, 11) is 1.85. The zero-order chi connectivity index (χ0) is 13.9. The van der Waals surface area contributed by atoms with Crippen molar-refractivity contribution in [1.29, 1.82) is 0 Å². The number of likely N-dealkylation sites (tertiary alicyclic amines) is 1. The highest BCUT2D eigenvalue weighted by Gasteiger charge is 2.37. The topological polar surface area (TPSA) is 38.5 Å². The summed E-state index contributed by atoms with van der Waals surface area (Å²) in [6.07, 6.45) is 7.94. The Bertz CT molecular complexity index is 284. The van der Waals surface area contributed by atoms with E-state index in [1.807, 2.05) is 7.11 Å². The summed E-state index contributed by atoms with van der Waals surface area (Å²) in [4.78, 5) is 2.62. The van der Waals surface area contributed by atoms with E-state index >= 15 is 0 Å². The quantitative estimate of drug-likeness (QED) is 0.852. The second-order valence-corrected chi connectivity index (χ2v) is 7.06. The molecule has 4 unspecified atom stereocenters. The van der Waals surface area contributed by atoms with E-state index in [1.54, 1.807) is 0 Å². The normalized spacial score (nSPS) is 39.2. The molecule has 3 heteroatoms. The molecule has 3 nitrogen and oxygen atoms in total. The van der Waals surface area contributed by atoms with Crippen LogP contribution < -0.4 is 5.73 Å². The third-order valence-corrected chi connectivity index (χ3v) is 5.41. The van der Waals surface area contributed by atoms with Gasteiger partial charge in [0.15, 0.2) is 0 Å². The maximum atomic E-state index is 6.13. The van der Waals surface area contributed by atoms with Gasteiger partial charge in [-0.1, -0.05) is 19.8 Å². The molecule has 1 saturated carbocycles. The SMILES string of the molecule is COC1(C)CCCN(C(CN)C2CCCC(C)C2)C1. The zero-order valence-corrected chi connectivity index (χ0v) is 13.0. The number of methoxy groups -OCH3 is 1. The largest absolute Gasteiger partial charge is 0.377 e. The molecule has 112 valence electrons. The predicted octanol–water partition coefficient (Wildman–Crippen LogP) is 2.64. The van der Waals surface area contributed by atoms with Crippen molar-refractivity contribution in [3.63, 3.8) is 0 Å². The number of hydrogen-bond acceptors (Lipinski definition) is 3. The maximum Gasteiger partial charge on any atom is 0.0777 e. The molecule has 2 rings (SSSR count). The van der Waals surface area contributed by atoms with E-state index in [9.17, 15) is 0 Å². The summed E-state index contributed by atoms with van der Waals surface area (Å²) in [5, 5.41) is 0. The second kappa shape index (κ2) is 6.55. The smallest absolute Gasteiger partial charge is 0.0777 e. The molecular formula is C16H32N2O. The number of nitrogens with zero attached hydrogens (tertiary/aromatic N) is 1. The molecule has 2 aliphatic rings. The van der Waals surface area contributed by atoms with E-state index in [-0.39, 0.29) is 5.60 Å². The molecule has 19 heavy (non-hydrogen) atoms. The molecule has 4 atom stereocenters. The van der Waals surface area contributed by atoms with Crippen molar-refractivity contribution in [2.45, 2.75) is 64.0 Å². The van der Waals surface area contributed by atoms with E-state index < -0.39 is 0 Å². The van der Waals surface area contributed by atoms with Crippen LogP contribution in [-0.4, -0.2) is 43.3 Å². The Hall–Kier alpha value is -0.120. The van der Waals surface area contributed by atoms with Crippen LogP contribution in [0.15, 0.2) is 0 Å². The summed E-state index contributed by atoms with van der Waals surface area (Å²) in [6.45, 7) is 7.70. The van der Waals surface area contributed by atoms with Gasteiger partial charge in [-0.05, 0) is 51.0 Å². The van der Waals surface area contributed by atoms with Crippen LogP contribution in [0.25, 0.3) is 0 Å². The second-order valence-electron chi connectivity index (χ2n) is 7.06. The van der Waals surface area contributed by atoms with Gasteiger partial charge in [0.2, 0.25) is 0 Å². The first-order chi connectivity index (χ1) is 9.08. The van der Waals surface area contributed by atoms with E-state index in [4.69, 9.17) is 10.5 Å². The molecule has 0 amide bonds. The van der Waals surface area contributed by atoms with Gasteiger partial charge in [-0.25, -0.2) is 0 Å². The first-order valence-electron chi connectivity index (χ1n) is 8.07. The Kier molecular flexibility index (Phi) is 5.27.